The Labute approximate surface area is 109 Å². The van der Waals surface area contributed by atoms with E-state index in [2.05, 4.69) is 0 Å². The van der Waals surface area contributed by atoms with Gasteiger partial charge in [-0.15, -0.1) is 0 Å². The molecule has 0 atom stereocenters. The SMILES string of the molecule is Cc1c(C#N)cc(C(N)=O)c(=O)n1-c1ccccc1. The van der Waals surface area contributed by atoms with Crippen molar-refractivity contribution >= 4 is 5.91 Å². The lowest BCUT2D eigenvalue weighted by Crippen LogP contribution is -2.30. The van der Waals surface area contributed by atoms with Gasteiger partial charge in [0, 0.05) is 11.4 Å². The molecule has 2 aromatic rings. The molecule has 5 heteroatoms. The molecule has 0 saturated carbocycles. The number of hydrogen-bond donors (Lipinski definition) is 1. The van der Waals surface area contributed by atoms with E-state index in [1.165, 1.54) is 10.6 Å². The number of rotatable bonds is 2. The Hall–Kier alpha value is -2.87. The number of nitrogens with zero attached hydrogens (tertiary/aromatic N) is 2. The van der Waals surface area contributed by atoms with Crippen LogP contribution in [0.2, 0.25) is 0 Å². The van der Waals surface area contributed by atoms with Crippen LogP contribution in [0.3, 0.4) is 0 Å². The molecule has 0 aliphatic heterocycles. The van der Waals surface area contributed by atoms with E-state index < -0.39 is 11.5 Å². The van der Waals surface area contributed by atoms with Crippen molar-refractivity contribution in [3.63, 3.8) is 0 Å². The minimum atomic E-state index is -0.841. The van der Waals surface area contributed by atoms with Gasteiger partial charge in [-0.1, -0.05) is 18.2 Å². The van der Waals surface area contributed by atoms with E-state index >= 15 is 0 Å². The fourth-order valence-electron chi connectivity index (χ4n) is 1.88. The summed E-state index contributed by atoms with van der Waals surface area (Å²) in [4.78, 5) is 23.5. The number of amides is 1. The zero-order chi connectivity index (χ0) is 14.0. The molecule has 2 N–H and O–H groups in total. The van der Waals surface area contributed by atoms with Crippen molar-refractivity contribution in [3.05, 3.63) is 63.6 Å². The minimum Gasteiger partial charge on any atom is -0.365 e. The third-order valence-corrected chi connectivity index (χ3v) is 2.85. The summed E-state index contributed by atoms with van der Waals surface area (Å²) < 4.78 is 1.32. The molecule has 5 nitrogen and oxygen atoms in total. The molecule has 0 spiro atoms. The number of primary amides is 1. The van der Waals surface area contributed by atoms with Crippen molar-refractivity contribution in [1.82, 2.24) is 4.57 Å². The number of para-hydroxylation sites is 1. The second-order valence-electron chi connectivity index (χ2n) is 4.01. The molecule has 2 rings (SSSR count). The zero-order valence-electron chi connectivity index (χ0n) is 10.3. The lowest BCUT2D eigenvalue weighted by Gasteiger charge is -2.12. The number of benzene rings is 1. The molecule has 1 heterocycles. The Bertz CT molecular complexity index is 740. The van der Waals surface area contributed by atoms with Crippen molar-refractivity contribution in [2.75, 3.05) is 0 Å². The van der Waals surface area contributed by atoms with Gasteiger partial charge < -0.3 is 5.73 Å². The third-order valence-electron chi connectivity index (χ3n) is 2.85. The quantitative estimate of drug-likeness (QED) is 0.869. The molecule has 0 bridgehead atoms. The maximum Gasteiger partial charge on any atom is 0.268 e. The molecule has 0 saturated heterocycles. The average molecular weight is 253 g/mol. The molecule has 1 aromatic heterocycles. The number of nitrogens with two attached hydrogens (primary N) is 1. The molecule has 94 valence electrons. The fraction of sp³-hybridized carbons (Fsp3) is 0.0714. The summed E-state index contributed by atoms with van der Waals surface area (Å²) in [6, 6.07) is 12.0. The van der Waals surface area contributed by atoms with Crippen molar-refractivity contribution in [1.29, 1.82) is 5.26 Å². The van der Waals surface area contributed by atoms with Gasteiger partial charge in [-0.2, -0.15) is 5.26 Å². The summed E-state index contributed by atoms with van der Waals surface area (Å²) in [6.45, 7) is 1.65. The summed E-state index contributed by atoms with van der Waals surface area (Å²) >= 11 is 0. The number of pyridine rings is 1. The fourth-order valence-corrected chi connectivity index (χ4v) is 1.88. The van der Waals surface area contributed by atoms with Gasteiger partial charge in [0.1, 0.15) is 11.6 Å². The highest BCUT2D eigenvalue weighted by atomic mass is 16.2. The number of hydrogen-bond acceptors (Lipinski definition) is 3. The van der Waals surface area contributed by atoms with Crippen LogP contribution < -0.4 is 11.3 Å². The lowest BCUT2D eigenvalue weighted by molar-refractivity contribution is 0.0998. The Kier molecular flexibility index (Phi) is 3.17. The first kappa shape index (κ1) is 12.6. The highest BCUT2D eigenvalue weighted by Crippen LogP contribution is 2.12. The topological polar surface area (TPSA) is 88.9 Å². The molecule has 0 radical (unpaired) electrons. The second-order valence-corrected chi connectivity index (χ2v) is 4.01. The monoisotopic (exact) mass is 253 g/mol. The normalized spacial score (nSPS) is 9.89. The van der Waals surface area contributed by atoms with Crippen LogP contribution in [0.25, 0.3) is 5.69 Å². The van der Waals surface area contributed by atoms with Crippen molar-refractivity contribution in [2.45, 2.75) is 6.92 Å². The first-order chi connectivity index (χ1) is 9.06. The van der Waals surface area contributed by atoms with Crippen molar-refractivity contribution < 1.29 is 4.79 Å². The minimum absolute atomic E-state index is 0.189. The van der Waals surface area contributed by atoms with Crippen LogP contribution in [0.1, 0.15) is 21.6 Å². The zero-order valence-corrected chi connectivity index (χ0v) is 10.3. The predicted octanol–water partition coefficient (Wildman–Crippen LogP) is 1.12. The molecule has 0 aliphatic rings. The Balaban J connectivity index is 2.88. The Morgan fingerprint density at radius 2 is 1.95 bits per heavy atom. The van der Waals surface area contributed by atoms with Crippen LogP contribution in [0.5, 0.6) is 0 Å². The Morgan fingerprint density at radius 3 is 2.47 bits per heavy atom. The molecule has 0 unspecified atom stereocenters. The maximum absolute atomic E-state index is 12.3. The van der Waals surface area contributed by atoms with Gasteiger partial charge in [0.2, 0.25) is 0 Å². The van der Waals surface area contributed by atoms with Gasteiger partial charge in [0.15, 0.2) is 0 Å². The highest BCUT2D eigenvalue weighted by Gasteiger charge is 2.16. The maximum atomic E-state index is 12.3. The standard InChI is InChI=1S/C14H11N3O2/c1-9-10(8-15)7-12(13(16)18)14(19)17(9)11-5-3-2-4-6-11/h2-7H,1H3,(H2,16,18). The van der Waals surface area contributed by atoms with Gasteiger partial charge >= 0.3 is 0 Å². The highest BCUT2D eigenvalue weighted by molar-refractivity contribution is 5.92. The third kappa shape index (κ3) is 2.11. The van der Waals surface area contributed by atoms with E-state index in [1.54, 1.807) is 31.2 Å². The summed E-state index contributed by atoms with van der Waals surface area (Å²) in [5, 5.41) is 9.07. The van der Waals surface area contributed by atoms with Crippen LogP contribution >= 0.6 is 0 Å². The van der Waals surface area contributed by atoms with Gasteiger partial charge in [-0.25, -0.2) is 0 Å². The van der Waals surface area contributed by atoms with E-state index in [0.717, 1.165) is 0 Å². The van der Waals surface area contributed by atoms with Crippen LogP contribution in [0.15, 0.2) is 41.2 Å². The van der Waals surface area contributed by atoms with Gasteiger partial charge in [0.05, 0.1) is 5.56 Å². The van der Waals surface area contributed by atoms with Crippen molar-refractivity contribution in [2.24, 2.45) is 5.73 Å². The molecule has 0 fully saturated rings. The van der Waals surface area contributed by atoms with E-state index in [1.807, 2.05) is 12.1 Å². The van der Waals surface area contributed by atoms with E-state index in [4.69, 9.17) is 11.0 Å². The van der Waals surface area contributed by atoms with Crippen LogP contribution in [0.4, 0.5) is 0 Å². The molecule has 19 heavy (non-hydrogen) atoms. The largest absolute Gasteiger partial charge is 0.365 e. The first-order valence-electron chi connectivity index (χ1n) is 5.58. The average Bonchev–Trinajstić information content (AvgIpc) is 2.40. The van der Waals surface area contributed by atoms with Crippen LogP contribution in [-0.2, 0) is 0 Å². The van der Waals surface area contributed by atoms with Gasteiger partial charge in [-0.3, -0.25) is 14.2 Å². The summed E-state index contributed by atoms with van der Waals surface area (Å²) in [6.07, 6.45) is 0. The molecular weight excluding hydrogens is 242 g/mol. The van der Waals surface area contributed by atoms with E-state index in [-0.39, 0.29) is 11.1 Å². The second kappa shape index (κ2) is 4.78. The summed E-state index contributed by atoms with van der Waals surface area (Å²) in [7, 11) is 0. The van der Waals surface area contributed by atoms with Crippen LogP contribution in [0, 0.1) is 18.3 Å². The van der Waals surface area contributed by atoms with E-state index in [9.17, 15) is 9.59 Å². The number of carbonyl (C=O) groups is 1. The predicted molar refractivity (Wildman–Crippen MR) is 70.0 cm³/mol. The summed E-state index contributed by atoms with van der Waals surface area (Å²) in [5.41, 5.74) is 5.78. The van der Waals surface area contributed by atoms with Crippen molar-refractivity contribution in [3.8, 4) is 11.8 Å². The molecule has 1 amide bonds. The Morgan fingerprint density at radius 1 is 1.32 bits per heavy atom. The first-order valence-corrected chi connectivity index (χ1v) is 5.58. The molecular formula is C14H11N3O2. The van der Waals surface area contributed by atoms with Gasteiger partial charge in [0.25, 0.3) is 11.5 Å². The number of aromatic nitrogens is 1. The van der Waals surface area contributed by atoms with Crippen LogP contribution in [-0.4, -0.2) is 10.5 Å². The lowest BCUT2D eigenvalue weighted by atomic mass is 10.1. The number of nitriles is 1. The molecule has 0 aliphatic carbocycles. The molecule has 1 aromatic carbocycles. The summed E-state index contributed by atoms with van der Waals surface area (Å²) in [5.74, 6) is -0.841. The van der Waals surface area contributed by atoms with Gasteiger partial charge in [-0.05, 0) is 25.1 Å². The van der Waals surface area contributed by atoms with E-state index in [0.29, 0.717) is 11.4 Å². The smallest absolute Gasteiger partial charge is 0.268 e. The number of carbonyl (C=O) groups excluding carboxylic acids is 1.